The molecular weight excluding hydrogens is 299 g/mol. The first-order chi connectivity index (χ1) is 9.79. The Balaban J connectivity index is 2.41. The molecule has 0 spiro atoms. The van der Waals surface area contributed by atoms with Crippen molar-refractivity contribution >= 4 is 21.4 Å². The maximum atomic E-state index is 13.6. The summed E-state index contributed by atoms with van der Waals surface area (Å²) in [7, 11) is -4.10. The zero-order valence-electron chi connectivity index (χ0n) is 10.9. The summed E-state index contributed by atoms with van der Waals surface area (Å²) in [6.07, 6.45) is 0. The molecular formula is C13H11FN2O4S. The average molecular weight is 310 g/mol. The van der Waals surface area contributed by atoms with Crippen LogP contribution in [0.4, 0.5) is 15.8 Å². The van der Waals surface area contributed by atoms with Crippen LogP contribution in [0.15, 0.2) is 47.4 Å². The fraction of sp³-hybridized carbons (Fsp3) is 0.0769. The van der Waals surface area contributed by atoms with Gasteiger partial charge < -0.3 is 0 Å². The minimum Gasteiger partial charge on any atom is -0.277 e. The highest BCUT2D eigenvalue weighted by atomic mass is 32.2. The highest BCUT2D eigenvalue weighted by molar-refractivity contribution is 7.92. The molecule has 0 bridgehead atoms. The lowest BCUT2D eigenvalue weighted by Crippen LogP contribution is -2.14. The van der Waals surface area contributed by atoms with Crippen LogP contribution in [0.3, 0.4) is 0 Å². The molecule has 0 atom stereocenters. The Morgan fingerprint density at radius 3 is 2.57 bits per heavy atom. The third-order valence-electron chi connectivity index (χ3n) is 2.70. The van der Waals surface area contributed by atoms with Crippen LogP contribution in [0, 0.1) is 22.9 Å². The molecule has 8 heteroatoms. The molecule has 2 aromatic carbocycles. The van der Waals surface area contributed by atoms with Gasteiger partial charge in [-0.1, -0.05) is 12.1 Å². The second-order valence-electron chi connectivity index (χ2n) is 4.34. The number of nitro benzene ring substituents is 1. The van der Waals surface area contributed by atoms with Crippen molar-refractivity contribution in [3.8, 4) is 0 Å². The first kappa shape index (κ1) is 14.9. The number of anilines is 1. The summed E-state index contributed by atoms with van der Waals surface area (Å²) in [4.78, 5) is 9.66. The number of non-ortho nitro benzene ring substituents is 1. The van der Waals surface area contributed by atoms with E-state index in [1.807, 2.05) is 0 Å². The summed E-state index contributed by atoms with van der Waals surface area (Å²) < 4.78 is 40.0. The zero-order chi connectivity index (χ0) is 15.6. The smallest absolute Gasteiger partial charge is 0.270 e. The van der Waals surface area contributed by atoms with Crippen molar-refractivity contribution in [2.75, 3.05) is 4.72 Å². The fourth-order valence-electron chi connectivity index (χ4n) is 1.69. The van der Waals surface area contributed by atoms with Crippen LogP contribution >= 0.6 is 0 Å². The van der Waals surface area contributed by atoms with Gasteiger partial charge in [-0.2, -0.15) is 0 Å². The fourth-order valence-corrected chi connectivity index (χ4v) is 2.78. The van der Waals surface area contributed by atoms with E-state index in [1.165, 1.54) is 30.3 Å². The lowest BCUT2D eigenvalue weighted by molar-refractivity contribution is -0.385. The van der Waals surface area contributed by atoms with Crippen LogP contribution in [0.5, 0.6) is 0 Å². The molecule has 1 N–H and O–H groups in total. The quantitative estimate of drug-likeness (QED) is 0.694. The monoisotopic (exact) mass is 310 g/mol. The van der Waals surface area contributed by atoms with E-state index in [2.05, 4.69) is 4.72 Å². The van der Waals surface area contributed by atoms with Gasteiger partial charge in [-0.25, -0.2) is 12.8 Å². The predicted molar refractivity (Wildman–Crippen MR) is 75.0 cm³/mol. The lowest BCUT2D eigenvalue weighted by atomic mass is 10.2. The van der Waals surface area contributed by atoms with Crippen molar-refractivity contribution in [3.63, 3.8) is 0 Å². The van der Waals surface area contributed by atoms with Crippen LogP contribution in [0.1, 0.15) is 5.56 Å². The number of hydrogen-bond donors (Lipinski definition) is 1. The van der Waals surface area contributed by atoms with Gasteiger partial charge in [0.25, 0.3) is 15.7 Å². The van der Waals surface area contributed by atoms with Crippen LogP contribution in [0.25, 0.3) is 0 Å². The normalized spacial score (nSPS) is 11.1. The molecule has 0 radical (unpaired) electrons. The number of nitrogens with one attached hydrogen (secondary N) is 1. The van der Waals surface area contributed by atoms with Gasteiger partial charge in [-0.05, 0) is 30.7 Å². The van der Waals surface area contributed by atoms with Gasteiger partial charge >= 0.3 is 0 Å². The van der Waals surface area contributed by atoms with Gasteiger partial charge in [-0.15, -0.1) is 0 Å². The third kappa shape index (κ3) is 3.34. The molecule has 0 saturated heterocycles. The number of halogens is 1. The Morgan fingerprint density at radius 2 is 1.90 bits per heavy atom. The molecule has 21 heavy (non-hydrogen) atoms. The second kappa shape index (κ2) is 5.49. The number of nitro groups is 1. The highest BCUT2D eigenvalue weighted by Gasteiger charge is 2.19. The first-order valence-corrected chi connectivity index (χ1v) is 7.31. The van der Waals surface area contributed by atoms with E-state index in [0.717, 1.165) is 12.1 Å². The van der Waals surface area contributed by atoms with Crippen molar-refractivity contribution in [2.24, 2.45) is 0 Å². The number of benzene rings is 2. The molecule has 2 aromatic rings. The van der Waals surface area contributed by atoms with Crippen LogP contribution in [-0.4, -0.2) is 13.3 Å². The summed E-state index contributed by atoms with van der Waals surface area (Å²) in [5, 5.41) is 10.7. The molecule has 0 heterocycles. The average Bonchev–Trinajstić information content (AvgIpc) is 2.43. The molecule has 0 aliphatic rings. The van der Waals surface area contributed by atoms with Crippen LogP contribution < -0.4 is 4.72 Å². The summed E-state index contributed by atoms with van der Waals surface area (Å²) in [6, 6.07) is 8.51. The second-order valence-corrected chi connectivity index (χ2v) is 6.03. The van der Waals surface area contributed by atoms with E-state index in [4.69, 9.17) is 0 Å². The number of rotatable bonds is 4. The minimum atomic E-state index is -4.10. The summed E-state index contributed by atoms with van der Waals surface area (Å²) in [5.41, 5.74) is 0.109. The molecule has 0 aliphatic heterocycles. The van der Waals surface area contributed by atoms with Gasteiger partial charge in [0.2, 0.25) is 0 Å². The molecule has 0 saturated carbocycles. The van der Waals surface area contributed by atoms with E-state index in [9.17, 15) is 22.9 Å². The van der Waals surface area contributed by atoms with Gasteiger partial charge in [0.1, 0.15) is 5.82 Å². The Kier molecular flexibility index (Phi) is 3.90. The summed E-state index contributed by atoms with van der Waals surface area (Å²) >= 11 is 0. The van der Waals surface area contributed by atoms with E-state index in [-0.39, 0.29) is 16.3 Å². The van der Waals surface area contributed by atoms with Crippen LogP contribution in [0.2, 0.25) is 0 Å². The van der Waals surface area contributed by atoms with Gasteiger partial charge in [0.05, 0.1) is 15.5 Å². The number of nitrogens with zero attached hydrogens (tertiary/aromatic N) is 1. The largest absolute Gasteiger partial charge is 0.277 e. The summed E-state index contributed by atoms with van der Waals surface area (Å²) in [5.74, 6) is -0.727. The van der Waals surface area contributed by atoms with Crippen molar-refractivity contribution in [2.45, 2.75) is 11.8 Å². The van der Waals surface area contributed by atoms with E-state index in [0.29, 0.717) is 5.56 Å². The van der Waals surface area contributed by atoms with Gasteiger partial charge in [0.15, 0.2) is 0 Å². The third-order valence-corrected chi connectivity index (χ3v) is 4.07. The molecule has 6 nitrogen and oxygen atoms in total. The van der Waals surface area contributed by atoms with E-state index < -0.39 is 20.8 Å². The predicted octanol–water partition coefficient (Wildman–Crippen LogP) is 2.84. The molecule has 0 aromatic heterocycles. The maximum Gasteiger partial charge on any atom is 0.270 e. The molecule has 0 fully saturated rings. The van der Waals surface area contributed by atoms with Crippen LogP contribution in [-0.2, 0) is 10.0 Å². The number of hydrogen-bond acceptors (Lipinski definition) is 4. The van der Waals surface area contributed by atoms with Crippen molar-refractivity contribution in [1.29, 1.82) is 0 Å². The minimum absolute atomic E-state index is 0.207. The van der Waals surface area contributed by atoms with Crippen molar-refractivity contribution in [3.05, 3.63) is 64.0 Å². The Bertz CT molecular complexity index is 806. The standard InChI is InChI=1S/C13H11FN2O4S/c1-9-5-6-12(14)13(7-9)15-21(19,20)11-4-2-3-10(8-11)16(17)18/h2-8,15H,1H3. The van der Waals surface area contributed by atoms with Gasteiger partial charge in [-0.3, -0.25) is 14.8 Å². The molecule has 0 aliphatic carbocycles. The summed E-state index contributed by atoms with van der Waals surface area (Å²) in [6.45, 7) is 1.69. The Labute approximate surface area is 120 Å². The first-order valence-electron chi connectivity index (χ1n) is 5.83. The molecule has 2 rings (SSSR count). The van der Waals surface area contributed by atoms with E-state index in [1.54, 1.807) is 6.92 Å². The van der Waals surface area contributed by atoms with Crippen molar-refractivity contribution < 1.29 is 17.7 Å². The number of aryl methyl sites for hydroxylation is 1. The topological polar surface area (TPSA) is 89.3 Å². The molecule has 0 unspecified atom stereocenters. The number of sulfonamides is 1. The maximum absolute atomic E-state index is 13.6. The molecule has 0 amide bonds. The SMILES string of the molecule is Cc1ccc(F)c(NS(=O)(=O)c2cccc([N+](=O)[O-])c2)c1. The highest BCUT2D eigenvalue weighted by Crippen LogP contribution is 2.22. The lowest BCUT2D eigenvalue weighted by Gasteiger charge is -2.09. The van der Waals surface area contributed by atoms with Crippen molar-refractivity contribution in [1.82, 2.24) is 0 Å². The van der Waals surface area contributed by atoms with Gasteiger partial charge in [0, 0.05) is 12.1 Å². The Morgan fingerprint density at radius 1 is 1.19 bits per heavy atom. The Hall–Kier alpha value is -2.48. The zero-order valence-corrected chi connectivity index (χ0v) is 11.7. The molecule has 110 valence electrons. The van der Waals surface area contributed by atoms with E-state index >= 15 is 0 Å².